The van der Waals surface area contributed by atoms with Crippen LogP contribution in [0.3, 0.4) is 0 Å². The van der Waals surface area contributed by atoms with E-state index in [1.54, 1.807) is 7.11 Å². The average molecular weight is 294 g/mol. The molecule has 0 bridgehead atoms. The quantitative estimate of drug-likeness (QED) is 0.615. The second kappa shape index (κ2) is 11.1. The Balaban J connectivity index is 2.38. The van der Waals surface area contributed by atoms with Crippen LogP contribution in [0.25, 0.3) is 0 Å². The smallest absolute Gasteiger partial charge is 0.253 e. The lowest BCUT2D eigenvalue weighted by Gasteiger charge is -2.12. The van der Waals surface area contributed by atoms with Gasteiger partial charge >= 0.3 is 0 Å². The Morgan fingerprint density at radius 3 is 2.71 bits per heavy atom. The topological polar surface area (TPSA) is 59.6 Å². The van der Waals surface area contributed by atoms with E-state index in [4.69, 9.17) is 9.47 Å². The van der Waals surface area contributed by atoms with Crippen LogP contribution >= 0.6 is 0 Å². The van der Waals surface area contributed by atoms with Crippen LogP contribution in [0.2, 0.25) is 0 Å². The molecule has 0 aliphatic carbocycles. The van der Waals surface area contributed by atoms with Gasteiger partial charge in [-0.2, -0.15) is 0 Å². The summed E-state index contributed by atoms with van der Waals surface area (Å²) in [5.74, 6) is -0.0788. The summed E-state index contributed by atoms with van der Waals surface area (Å²) in [6, 6.07) is 7.56. The summed E-state index contributed by atoms with van der Waals surface area (Å²) in [5, 5.41) is 6.17. The van der Waals surface area contributed by atoms with Gasteiger partial charge < -0.3 is 20.1 Å². The van der Waals surface area contributed by atoms with Crippen molar-refractivity contribution in [3.63, 3.8) is 0 Å². The van der Waals surface area contributed by atoms with E-state index in [-0.39, 0.29) is 5.91 Å². The van der Waals surface area contributed by atoms with Gasteiger partial charge in [0.1, 0.15) is 0 Å². The fourth-order valence-corrected chi connectivity index (χ4v) is 1.81. The molecule has 0 saturated heterocycles. The number of carbonyl (C=O) groups excluding carboxylic acids is 1. The maximum Gasteiger partial charge on any atom is 0.253 e. The molecule has 21 heavy (non-hydrogen) atoms. The van der Waals surface area contributed by atoms with E-state index >= 15 is 0 Å². The van der Waals surface area contributed by atoms with Crippen molar-refractivity contribution in [2.24, 2.45) is 0 Å². The van der Waals surface area contributed by atoms with Crippen molar-refractivity contribution in [2.45, 2.75) is 19.8 Å². The number of benzene rings is 1. The minimum atomic E-state index is -0.0788. The van der Waals surface area contributed by atoms with Gasteiger partial charge in [-0.25, -0.2) is 0 Å². The monoisotopic (exact) mass is 294 g/mol. The number of anilines is 1. The Hall–Kier alpha value is -1.59. The Labute approximate surface area is 127 Å². The zero-order valence-corrected chi connectivity index (χ0v) is 13.0. The Morgan fingerprint density at radius 2 is 1.95 bits per heavy atom. The number of rotatable bonds is 11. The lowest BCUT2D eigenvalue weighted by molar-refractivity contribution is 0.0693. The van der Waals surface area contributed by atoms with E-state index in [0.29, 0.717) is 31.9 Å². The molecule has 1 aromatic carbocycles. The minimum Gasteiger partial charge on any atom is -0.384 e. The van der Waals surface area contributed by atoms with Crippen LogP contribution in [0, 0.1) is 0 Å². The molecule has 2 N–H and O–H groups in total. The summed E-state index contributed by atoms with van der Waals surface area (Å²) >= 11 is 0. The number of methoxy groups -OCH3 is 1. The molecule has 0 spiro atoms. The van der Waals surface area contributed by atoms with Crippen molar-refractivity contribution in [1.29, 1.82) is 0 Å². The van der Waals surface area contributed by atoms with Crippen LogP contribution < -0.4 is 10.6 Å². The lowest BCUT2D eigenvalue weighted by atomic mass is 10.1. The van der Waals surface area contributed by atoms with Crippen LogP contribution in [0.1, 0.15) is 30.1 Å². The number of hydrogen-bond acceptors (Lipinski definition) is 4. The van der Waals surface area contributed by atoms with E-state index in [0.717, 1.165) is 25.1 Å². The largest absolute Gasteiger partial charge is 0.384 e. The highest BCUT2D eigenvalue weighted by atomic mass is 16.5. The first-order valence-corrected chi connectivity index (χ1v) is 7.47. The number of amides is 1. The third-order valence-electron chi connectivity index (χ3n) is 2.98. The van der Waals surface area contributed by atoms with Crippen molar-refractivity contribution in [2.75, 3.05) is 45.3 Å². The molecule has 1 rings (SSSR count). The SMILES string of the molecule is CCCCNc1ccccc1C(=O)NCCOCCOC. The van der Waals surface area contributed by atoms with Crippen molar-refractivity contribution in [3.8, 4) is 0 Å². The van der Waals surface area contributed by atoms with Crippen molar-refractivity contribution >= 4 is 11.6 Å². The molecule has 5 heteroatoms. The van der Waals surface area contributed by atoms with E-state index in [9.17, 15) is 4.79 Å². The summed E-state index contributed by atoms with van der Waals surface area (Å²) in [6.45, 7) is 5.11. The molecule has 0 radical (unpaired) electrons. The van der Waals surface area contributed by atoms with E-state index in [1.807, 2.05) is 24.3 Å². The summed E-state index contributed by atoms with van der Waals surface area (Å²) in [6.07, 6.45) is 2.21. The zero-order valence-electron chi connectivity index (χ0n) is 13.0. The summed E-state index contributed by atoms with van der Waals surface area (Å²) in [4.78, 5) is 12.2. The van der Waals surface area contributed by atoms with Gasteiger partial charge in [0.2, 0.25) is 0 Å². The first-order chi connectivity index (χ1) is 10.3. The number of hydrogen-bond donors (Lipinski definition) is 2. The van der Waals surface area contributed by atoms with Gasteiger partial charge in [-0.15, -0.1) is 0 Å². The van der Waals surface area contributed by atoms with Crippen molar-refractivity contribution < 1.29 is 14.3 Å². The Kier molecular flexibility index (Phi) is 9.24. The Bertz CT molecular complexity index is 410. The van der Waals surface area contributed by atoms with Gasteiger partial charge in [0.05, 0.1) is 25.4 Å². The van der Waals surface area contributed by atoms with Crippen LogP contribution in [-0.4, -0.2) is 45.9 Å². The highest BCUT2D eigenvalue weighted by Gasteiger charge is 2.09. The first-order valence-electron chi connectivity index (χ1n) is 7.47. The lowest BCUT2D eigenvalue weighted by Crippen LogP contribution is -2.28. The number of para-hydroxylation sites is 1. The molecule has 0 fully saturated rings. The van der Waals surface area contributed by atoms with Crippen LogP contribution in [0.4, 0.5) is 5.69 Å². The zero-order chi connectivity index (χ0) is 15.3. The number of ether oxygens (including phenoxy) is 2. The van der Waals surface area contributed by atoms with E-state index in [1.165, 1.54) is 0 Å². The second-order valence-electron chi connectivity index (χ2n) is 4.69. The molecule has 0 unspecified atom stereocenters. The fraction of sp³-hybridized carbons (Fsp3) is 0.562. The summed E-state index contributed by atoms with van der Waals surface area (Å²) in [5.41, 5.74) is 1.55. The molecule has 5 nitrogen and oxygen atoms in total. The number of carbonyl (C=O) groups is 1. The standard InChI is InChI=1S/C16H26N2O3/c1-3-4-9-17-15-8-6-5-7-14(15)16(19)18-10-11-21-13-12-20-2/h5-8,17H,3-4,9-13H2,1-2H3,(H,18,19). The fourth-order valence-electron chi connectivity index (χ4n) is 1.81. The predicted molar refractivity (Wildman–Crippen MR) is 84.9 cm³/mol. The van der Waals surface area contributed by atoms with Gasteiger partial charge in [-0.05, 0) is 18.6 Å². The Morgan fingerprint density at radius 1 is 1.14 bits per heavy atom. The number of nitrogens with one attached hydrogen (secondary N) is 2. The third kappa shape index (κ3) is 7.11. The van der Waals surface area contributed by atoms with Crippen LogP contribution in [-0.2, 0) is 9.47 Å². The molecule has 0 heterocycles. The molecular formula is C16H26N2O3. The summed E-state index contributed by atoms with van der Waals surface area (Å²) < 4.78 is 10.2. The minimum absolute atomic E-state index is 0.0788. The van der Waals surface area contributed by atoms with E-state index < -0.39 is 0 Å². The van der Waals surface area contributed by atoms with Crippen LogP contribution in [0.15, 0.2) is 24.3 Å². The third-order valence-corrected chi connectivity index (χ3v) is 2.98. The maximum atomic E-state index is 12.2. The molecule has 0 aromatic heterocycles. The van der Waals surface area contributed by atoms with Crippen LogP contribution in [0.5, 0.6) is 0 Å². The molecule has 1 aromatic rings. The highest BCUT2D eigenvalue weighted by molar-refractivity contribution is 5.99. The molecule has 0 atom stereocenters. The van der Waals surface area contributed by atoms with Gasteiger partial charge in [0.25, 0.3) is 5.91 Å². The maximum absolute atomic E-state index is 12.2. The summed E-state index contributed by atoms with van der Waals surface area (Å²) in [7, 11) is 1.63. The van der Waals surface area contributed by atoms with Crippen molar-refractivity contribution in [1.82, 2.24) is 5.32 Å². The van der Waals surface area contributed by atoms with Gasteiger partial charge in [0.15, 0.2) is 0 Å². The molecular weight excluding hydrogens is 268 g/mol. The average Bonchev–Trinajstić information content (AvgIpc) is 2.51. The molecule has 118 valence electrons. The molecule has 1 amide bonds. The number of unbranched alkanes of at least 4 members (excludes halogenated alkanes) is 1. The molecule has 0 aliphatic heterocycles. The normalized spacial score (nSPS) is 10.4. The van der Waals surface area contributed by atoms with Gasteiger partial charge in [0, 0.05) is 25.9 Å². The highest BCUT2D eigenvalue weighted by Crippen LogP contribution is 2.14. The first kappa shape index (κ1) is 17.5. The molecule has 0 saturated carbocycles. The molecule has 0 aliphatic rings. The predicted octanol–water partition coefficient (Wildman–Crippen LogP) is 2.29. The van der Waals surface area contributed by atoms with Gasteiger partial charge in [-0.1, -0.05) is 25.5 Å². The second-order valence-corrected chi connectivity index (χ2v) is 4.69. The van der Waals surface area contributed by atoms with Gasteiger partial charge in [-0.3, -0.25) is 4.79 Å². The van der Waals surface area contributed by atoms with E-state index in [2.05, 4.69) is 17.6 Å². The van der Waals surface area contributed by atoms with Crippen molar-refractivity contribution in [3.05, 3.63) is 29.8 Å².